The average molecular weight is 234 g/mol. The van der Waals surface area contributed by atoms with Gasteiger partial charge in [-0.1, -0.05) is 45.9 Å². The van der Waals surface area contributed by atoms with Gasteiger partial charge in [-0.3, -0.25) is 4.79 Å². The molecule has 3 nitrogen and oxygen atoms in total. The predicted octanol–water partition coefficient (Wildman–Crippen LogP) is 2.66. The highest BCUT2D eigenvalue weighted by atomic mass is 16.2. The fraction of sp³-hybridized carbons (Fsp3) is 0.500. The summed E-state index contributed by atoms with van der Waals surface area (Å²) in [6, 6.07) is 7.41. The second-order valence-corrected chi connectivity index (χ2v) is 5.30. The lowest BCUT2D eigenvalue weighted by atomic mass is 9.86. The minimum Gasteiger partial charge on any atom is -0.324 e. The molecule has 1 aromatic carbocycles. The molecule has 0 aliphatic rings. The Morgan fingerprint density at radius 1 is 1.35 bits per heavy atom. The Hall–Kier alpha value is -1.35. The standard InChI is InChI=1S/C14H22N2O/c1-5-11(15)13(17)16-12-9-7-6-8-10(12)14(2,3)4/h6-9,11H,5,15H2,1-4H3,(H,16,17)/t11-/m0/s1. The second kappa shape index (κ2) is 5.32. The second-order valence-electron chi connectivity index (χ2n) is 5.30. The molecule has 0 saturated carbocycles. The number of amides is 1. The van der Waals surface area contributed by atoms with Crippen LogP contribution in [0.3, 0.4) is 0 Å². The van der Waals surface area contributed by atoms with Crippen molar-refractivity contribution < 1.29 is 4.79 Å². The van der Waals surface area contributed by atoms with Crippen molar-refractivity contribution in [1.82, 2.24) is 0 Å². The Labute approximate surface area is 103 Å². The molecule has 3 N–H and O–H groups in total. The van der Waals surface area contributed by atoms with Crippen molar-refractivity contribution in [3.63, 3.8) is 0 Å². The van der Waals surface area contributed by atoms with Crippen molar-refractivity contribution in [2.75, 3.05) is 5.32 Å². The maximum atomic E-state index is 11.8. The summed E-state index contributed by atoms with van der Waals surface area (Å²) in [6.45, 7) is 8.27. The van der Waals surface area contributed by atoms with Crippen LogP contribution in [0, 0.1) is 0 Å². The Bertz CT molecular complexity index is 393. The Balaban J connectivity index is 2.96. The minimum absolute atomic E-state index is 0.000182. The van der Waals surface area contributed by atoms with Crippen LogP contribution in [0.5, 0.6) is 0 Å². The van der Waals surface area contributed by atoms with E-state index in [1.807, 2.05) is 31.2 Å². The van der Waals surface area contributed by atoms with Crippen molar-refractivity contribution in [3.8, 4) is 0 Å². The number of para-hydroxylation sites is 1. The van der Waals surface area contributed by atoms with E-state index in [0.29, 0.717) is 6.42 Å². The fourth-order valence-electron chi connectivity index (χ4n) is 1.66. The van der Waals surface area contributed by atoms with Gasteiger partial charge in [-0.15, -0.1) is 0 Å². The molecule has 1 atom stereocenters. The molecule has 0 fully saturated rings. The molecule has 1 rings (SSSR count). The van der Waals surface area contributed by atoms with Gasteiger partial charge >= 0.3 is 0 Å². The first-order chi connectivity index (χ1) is 7.86. The summed E-state index contributed by atoms with van der Waals surface area (Å²) in [7, 11) is 0. The van der Waals surface area contributed by atoms with E-state index < -0.39 is 6.04 Å². The minimum atomic E-state index is -0.442. The molecular weight excluding hydrogens is 212 g/mol. The van der Waals surface area contributed by atoms with Crippen LogP contribution in [0.1, 0.15) is 39.7 Å². The highest BCUT2D eigenvalue weighted by Crippen LogP contribution is 2.29. The van der Waals surface area contributed by atoms with Gasteiger partial charge in [-0.25, -0.2) is 0 Å². The summed E-state index contributed by atoms with van der Waals surface area (Å²) >= 11 is 0. The molecule has 0 unspecified atom stereocenters. The number of carbonyl (C=O) groups is 1. The molecule has 1 aromatic rings. The zero-order chi connectivity index (χ0) is 13.1. The average Bonchev–Trinajstić information content (AvgIpc) is 2.27. The zero-order valence-corrected chi connectivity index (χ0v) is 11.1. The maximum Gasteiger partial charge on any atom is 0.241 e. The van der Waals surface area contributed by atoms with Gasteiger partial charge in [0.05, 0.1) is 6.04 Å². The molecule has 0 saturated heterocycles. The van der Waals surface area contributed by atoms with Crippen molar-refractivity contribution in [1.29, 1.82) is 0 Å². The van der Waals surface area contributed by atoms with Crippen LogP contribution in [0.25, 0.3) is 0 Å². The van der Waals surface area contributed by atoms with Crippen molar-refractivity contribution >= 4 is 11.6 Å². The first-order valence-corrected chi connectivity index (χ1v) is 6.02. The normalized spacial score (nSPS) is 13.2. The van der Waals surface area contributed by atoms with E-state index in [4.69, 9.17) is 5.73 Å². The predicted molar refractivity (Wildman–Crippen MR) is 72.0 cm³/mol. The first-order valence-electron chi connectivity index (χ1n) is 6.02. The summed E-state index contributed by atoms with van der Waals surface area (Å²) in [4.78, 5) is 11.8. The van der Waals surface area contributed by atoms with Crippen molar-refractivity contribution in [3.05, 3.63) is 29.8 Å². The van der Waals surface area contributed by atoms with Crippen LogP contribution in [0.2, 0.25) is 0 Å². The molecule has 0 aliphatic heterocycles. The molecule has 1 amide bonds. The van der Waals surface area contributed by atoms with Gasteiger partial charge in [0.25, 0.3) is 0 Å². The molecule has 17 heavy (non-hydrogen) atoms. The van der Waals surface area contributed by atoms with E-state index in [1.54, 1.807) is 0 Å². The van der Waals surface area contributed by atoms with Crippen LogP contribution in [-0.2, 0) is 10.2 Å². The van der Waals surface area contributed by atoms with Gasteiger partial charge in [0, 0.05) is 5.69 Å². The molecule has 0 aromatic heterocycles. The zero-order valence-electron chi connectivity index (χ0n) is 11.1. The maximum absolute atomic E-state index is 11.8. The fourth-order valence-corrected chi connectivity index (χ4v) is 1.66. The largest absolute Gasteiger partial charge is 0.324 e. The number of benzene rings is 1. The number of hydrogen-bond acceptors (Lipinski definition) is 2. The van der Waals surface area contributed by atoms with Crippen molar-refractivity contribution in [2.24, 2.45) is 5.73 Å². The smallest absolute Gasteiger partial charge is 0.241 e. The lowest BCUT2D eigenvalue weighted by Crippen LogP contribution is -2.35. The lowest BCUT2D eigenvalue weighted by molar-refractivity contribution is -0.117. The van der Waals surface area contributed by atoms with E-state index in [-0.39, 0.29) is 11.3 Å². The summed E-state index contributed by atoms with van der Waals surface area (Å²) in [6.07, 6.45) is 0.642. The number of nitrogens with one attached hydrogen (secondary N) is 1. The summed E-state index contributed by atoms with van der Waals surface area (Å²) in [5.41, 5.74) is 7.69. The molecule has 3 heteroatoms. The molecule has 0 bridgehead atoms. The van der Waals surface area contributed by atoms with E-state index in [0.717, 1.165) is 11.3 Å². The van der Waals surface area contributed by atoms with E-state index in [2.05, 4.69) is 26.1 Å². The molecule has 0 radical (unpaired) electrons. The molecule has 94 valence electrons. The third-order valence-electron chi connectivity index (χ3n) is 2.77. The number of hydrogen-bond donors (Lipinski definition) is 2. The quantitative estimate of drug-likeness (QED) is 0.844. The summed E-state index contributed by atoms with van der Waals surface area (Å²) < 4.78 is 0. The Morgan fingerprint density at radius 2 is 1.94 bits per heavy atom. The third kappa shape index (κ3) is 3.56. The topological polar surface area (TPSA) is 55.1 Å². The highest BCUT2D eigenvalue weighted by molar-refractivity contribution is 5.95. The van der Waals surface area contributed by atoms with Gasteiger partial charge in [0.1, 0.15) is 0 Å². The van der Waals surface area contributed by atoms with Crippen molar-refractivity contribution in [2.45, 2.75) is 45.6 Å². The highest BCUT2D eigenvalue weighted by Gasteiger charge is 2.19. The Kier molecular flexibility index (Phi) is 4.29. The van der Waals surface area contributed by atoms with Crippen LogP contribution in [-0.4, -0.2) is 11.9 Å². The number of anilines is 1. The third-order valence-corrected chi connectivity index (χ3v) is 2.77. The molecule has 0 heterocycles. The van der Waals surface area contributed by atoms with Gasteiger partial charge in [-0.05, 0) is 23.5 Å². The molecular formula is C14H22N2O. The summed E-state index contributed by atoms with van der Waals surface area (Å²) in [5.74, 6) is -0.121. The van der Waals surface area contributed by atoms with Crippen LogP contribution in [0.4, 0.5) is 5.69 Å². The molecule has 0 spiro atoms. The van der Waals surface area contributed by atoms with Gasteiger partial charge in [0.2, 0.25) is 5.91 Å². The summed E-state index contributed by atoms with van der Waals surface area (Å²) in [5, 5.41) is 2.90. The number of rotatable bonds is 3. The number of carbonyl (C=O) groups excluding carboxylic acids is 1. The molecule has 0 aliphatic carbocycles. The van der Waals surface area contributed by atoms with Crippen LogP contribution < -0.4 is 11.1 Å². The van der Waals surface area contributed by atoms with Gasteiger partial charge < -0.3 is 11.1 Å². The SMILES string of the molecule is CC[C@H](N)C(=O)Nc1ccccc1C(C)(C)C. The lowest BCUT2D eigenvalue weighted by Gasteiger charge is -2.23. The van der Waals surface area contributed by atoms with Gasteiger partial charge in [0.15, 0.2) is 0 Å². The van der Waals surface area contributed by atoms with E-state index in [9.17, 15) is 4.79 Å². The Morgan fingerprint density at radius 3 is 2.47 bits per heavy atom. The number of nitrogens with two attached hydrogens (primary N) is 1. The van der Waals surface area contributed by atoms with E-state index >= 15 is 0 Å². The van der Waals surface area contributed by atoms with Gasteiger partial charge in [-0.2, -0.15) is 0 Å². The first kappa shape index (κ1) is 13.7. The van der Waals surface area contributed by atoms with Crippen LogP contribution >= 0.6 is 0 Å². The monoisotopic (exact) mass is 234 g/mol. The van der Waals surface area contributed by atoms with E-state index in [1.165, 1.54) is 0 Å². The van der Waals surface area contributed by atoms with Crippen LogP contribution in [0.15, 0.2) is 24.3 Å².